The van der Waals surface area contributed by atoms with Gasteiger partial charge in [0.1, 0.15) is 17.9 Å². The first-order chi connectivity index (χ1) is 13.4. The Labute approximate surface area is 160 Å². The van der Waals surface area contributed by atoms with Gasteiger partial charge in [-0.2, -0.15) is 0 Å². The summed E-state index contributed by atoms with van der Waals surface area (Å²) in [6.07, 6.45) is 1.32. The highest BCUT2D eigenvalue weighted by molar-refractivity contribution is 5.97. The normalized spacial score (nSPS) is 19.7. The average Bonchev–Trinajstić information content (AvgIpc) is 2.67. The highest BCUT2D eigenvalue weighted by Crippen LogP contribution is 2.42. The fraction of sp³-hybridized carbons (Fsp3) is 0.474. The van der Waals surface area contributed by atoms with Gasteiger partial charge in [-0.3, -0.25) is 9.69 Å². The molecule has 150 valence electrons. The van der Waals surface area contributed by atoms with E-state index >= 15 is 4.39 Å². The number of carboxylic acid groups (broad SMARTS) is 1. The lowest BCUT2D eigenvalue weighted by molar-refractivity contribution is 0.0694. The van der Waals surface area contributed by atoms with Gasteiger partial charge in [-0.15, -0.1) is 0 Å². The summed E-state index contributed by atoms with van der Waals surface area (Å²) in [5, 5.41) is 18.4. The number of aromatic carboxylic acids is 1. The van der Waals surface area contributed by atoms with Crippen LogP contribution >= 0.6 is 0 Å². The van der Waals surface area contributed by atoms with Gasteiger partial charge in [0.25, 0.3) is 0 Å². The number of piperazine rings is 1. The van der Waals surface area contributed by atoms with Crippen LogP contribution in [0.1, 0.15) is 23.3 Å². The number of benzene rings is 1. The minimum Gasteiger partial charge on any atom is -0.487 e. The summed E-state index contributed by atoms with van der Waals surface area (Å²) < 4.78 is 22.7. The molecule has 3 heterocycles. The molecule has 1 saturated heterocycles. The Morgan fingerprint density at radius 2 is 2.04 bits per heavy atom. The summed E-state index contributed by atoms with van der Waals surface area (Å²) in [5.74, 6) is -1.64. The Morgan fingerprint density at radius 3 is 2.68 bits per heavy atom. The third-order valence-electron chi connectivity index (χ3n) is 5.48. The number of ether oxygens (including phenoxy) is 1. The molecule has 4 rings (SSSR count). The molecular formula is C19H22FN3O5. The van der Waals surface area contributed by atoms with Crippen LogP contribution < -0.4 is 15.1 Å². The maximum absolute atomic E-state index is 15.1. The largest absolute Gasteiger partial charge is 0.487 e. The van der Waals surface area contributed by atoms with E-state index in [9.17, 15) is 14.7 Å². The zero-order valence-electron chi connectivity index (χ0n) is 15.5. The number of β-amino-alcohol motifs (C(OH)–C–C–N with tert-alkyl or cyclic N) is 1. The van der Waals surface area contributed by atoms with Crippen molar-refractivity contribution in [2.45, 2.75) is 13.0 Å². The van der Waals surface area contributed by atoms with Crippen LogP contribution in [0.2, 0.25) is 0 Å². The number of pyridine rings is 1. The Hall–Kier alpha value is -2.65. The van der Waals surface area contributed by atoms with Crippen molar-refractivity contribution >= 4 is 22.6 Å². The van der Waals surface area contributed by atoms with E-state index in [2.05, 4.69) is 4.90 Å². The van der Waals surface area contributed by atoms with Gasteiger partial charge in [-0.05, 0) is 13.0 Å². The van der Waals surface area contributed by atoms with E-state index in [1.54, 1.807) is 4.57 Å². The second kappa shape index (κ2) is 7.06. The third-order valence-corrected chi connectivity index (χ3v) is 5.48. The predicted octanol–water partition coefficient (Wildman–Crippen LogP) is 0.906. The first kappa shape index (κ1) is 18.7. The van der Waals surface area contributed by atoms with Crippen molar-refractivity contribution in [2.24, 2.45) is 0 Å². The molecule has 28 heavy (non-hydrogen) atoms. The molecular weight excluding hydrogens is 369 g/mol. The van der Waals surface area contributed by atoms with E-state index in [1.807, 2.05) is 11.8 Å². The van der Waals surface area contributed by atoms with Gasteiger partial charge in [0.2, 0.25) is 5.43 Å². The lowest BCUT2D eigenvalue weighted by atomic mass is 10.1. The van der Waals surface area contributed by atoms with Crippen molar-refractivity contribution in [1.29, 1.82) is 0 Å². The number of aliphatic hydroxyl groups is 1. The number of nitrogens with zero attached hydrogens (tertiary/aromatic N) is 3. The van der Waals surface area contributed by atoms with Crippen LogP contribution in [0.3, 0.4) is 0 Å². The lowest BCUT2D eigenvalue weighted by Gasteiger charge is -2.38. The summed E-state index contributed by atoms with van der Waals surface area (Å²) in [7, 11) is 0. The smallest absolute Gasteiger partial charge is 0.341 e. The molecule has 0 spiro atoms. The molecule has 2 aliphatic rings. The van der Waals surface area contributed by atoms with Crippen LogP contribution in [-0.2, 0) is 0 Å². The molecule has 1 unspecified atom stereocenters. The second-order valence-electron chi connectivity index (χ2n) is 7.23. The van der Waals surface area contributed by atoms with Crippen LogP contribution in [0, 0.1) is 5.82 Å². The predicted molar refractivity (Wildman–Crippen MR) is 101 cm³/mol. The quantitative estimate of drug-likeness (QED) is 0.800. The lowest BCUT2D eigenvalue weighted by Crippen LogP contribution is -2.47. The zero-order valence-corrected chi connectivity index (χ0v) is 15.5. The number of hydrogen-bond donors (Lipinski definition) is 2. The molecule has 0 amide bonds. The van der Waals surface area contributed by atoms with Gasteiger partial charge in [-0.1, -0.05) is 0 Å². The number of rotatable bonds is 4. The van der Waals surface area contributed by atoms with Gasteiger partial charge < -0.3 is 24.4 Å². The second-order valence-corrected chi connectivity index (χ2v) is 7.23. The molecule has 2 aromatic rings. The fourth-order valence-corrected chi connectivity index (χ4v) is 4.00. The van der Waals surface area contributed by atoms with Crippen LogP contribution in [0.4, 0.5) is 10.1 Å². The topological polar surface area (TPSA) is 95.2 Å². The highest BCUT2D eigenvalue weighted by Gasteiger charge is 2.31. The fourth-order valence-electron chi connectivity index (χ4n) is 4.00. The van der Waals surface area contributed by atoms with Crippen molar-refractivity contribution < 1.29 is 24.1 Å². The standard InChI is InChI=1S/C19H22FN3O5/c1-11-10-28-18-15-12(17(25)13(19(26)27)9-23(11)15)8-14(20)16(18)22-4-2-21(3-5-22)6-7-24/h8-9,11,24H,2-7,10H2,1H3,(H,26,27). The van der Waals surface area contributed by atoms with Crippen LogP contribution in [-0.4, -0.2) is 71.6 Å². The molecule has 1 fully saturated rings. The summed E-state index contributed by atoms with van der Waals surface area (Å²) in [4.78, 5) is 28.1. The van der Waals surface area contributed by atoms with E-state index in [1.165, 1.54) is 6.20 Å². The van der Waals surface area contributed by atoms with Gasteiger partial charge in [0.15, 0.2) is 11.6 Å². The number of carboxylic acids is 1. The van der Waals surface area contributed by atoms with E-state index in [-0.39, 0.29) is 36.0 Å². The van der Waals surface area contributed by atoms with Crippen LogP contribution in [0.25, 0.3) is 10.9 Å². The summed E-state index contributed by atoms with van der Waals surface area (Å²) in [6.45, 7) is 5.25. The Morgan fingerprint density at radius 1 is 1.32 bits per heavy atom. The maximum atomic E-state index is 15.1. The summed E-state index contributed by atoms with van der Waals surface area (Å²) in [6, 6.07) is 0.939. The monoisotopic (exact) mass is 391 g/mol. The molecule has 0 saturated carbocycles. The number of hydrogen-bond acceptors (Lipinski definition) is 6. The number of carbonyl (C=O) groups is 1. The van der Waals surface area contributed by atoms with Gasteiger partial charge in [0, 0.05) is 38.9 Å². The summed E-state index contributed by atoms with van der Waals surface area (Å²) in [5.41, 5.74) is -0.352. The highest BCUT2D eigenvalue weighted by atomic mass is 19.1. The summed E-state index contributed by atoms with van der Waals surface area (Å²) >= 11 is 0. The van der Waals surface area contributed by atoms with Crippen molar-refractivity contribution in [1.82, 2.24) is 9.47 Å². The van der Waals surface area contributed by atoms with Gasteiger partial charge in [-0.25, -0.2) is 9.18 Å². The molecule has 2 aliphatic heterocycles. The average molecular weight is 391 g/mol. The van der Waals surface area contributed by atoms with Crippen molar-refractivity contribution in [2.75, 3.05) is 50.8 Å². The van der Waals surface area contributed by atoms with E-state index in [4.69, 9.17) is 9.84 Å². The Kier molecular flexibility index (Phi) is 4.72. The molecule has 8 nitrogen and oxygen atoms in total. The molecule has 9 heteroatoms. The third kappa shape index (κ3) is 2.91. The first-order valence-corrected chi connectivity index (χ1v) is 9.28. The molecule has 0 bridgehead atoms. The minimum absolute atomic E-state index is 0.0154. The molecule has 2 N–H and O–H groups in total. The SMILES string of the molecule is CC1COc2c(N3CCN(CCO)CC3)c(F)cc3c(=O)c(C(=O)O)cn1c23. The Balaban J connectivity index is 1.87. The van der Waals surface area contributed by atoms with Gasteiger partial charge >= 0.3 is 5.97 Å². The van der Waals surface area contributed by atoms with Crippen LogP contribution in [0.5, 0.6) is 5.75 Å². The molecule has 1 atom stereocenters. The number of halogens is 1. The van der Waals surface area contributed by atoms with E-state index < -0.39 is 17.2 Å². The van der Waals surface area contributed by atoms with Crippen molar-refractivity contribution in [3.63, 3.8) is 0 Å². The van der Waals surface area contributed by atoms with Gasteiger partial charge in [0.05, 0.1) is 23.6 Å². The first-order valence-electron chi connectivity index (χ1n) is 9.28. The number of aliphatic hydroxyl groups excluding tert-OH is 1. The minimum atomic E-state index is -1.33. The molecule has 0 radical (unpaired) electrons. The zero-order chi connectivity index (χ0) is 20.0. The number of anilines is 1. The van der Waals surface area contributed by atoms with E-state index in [0.717, 1.165) is 6.07 Å². The van der Waals surface area contributed by atoms with Crippen molar-refractivity contribution in [3.05, 3.63) is 33.9 Å². The molecule has 1 aromatic heterocycles. The van der Waals surface area contributed by atoms with E-state index in [0.29, 0.717) is 43.9 Å². The molecule has 0 aliphatic carbocycles. The Bertz CT molecular complexity index is 997. The molecule has 1 aromatic carbocycles. The van der Waals surface area contributed by atoms with Crippen LogP contribution in [0.15, 0.2) is 17.1 Å². The van der Waals surface area contributed by atoms with Crippen molar-refractivity contribution in [3.8, 4) is 5.75 Å². The number of aromatic nitrogens is 1. The maximum Gasteiger partial charge on any atom is 0.341 e.